The summed E-state index contributed by atoms with van der Waals surface area (Å²) in [5.74, 6) is -2.46. The minimum Gasteiger partial charge on any atom is -0.468 e. The lowest BCUT2D eigenvalue weighted by molar-refractivity contribution is -0.142. The quantitative estimate of drug-likeness (QED) is 0.827. The van der Waals surface area contributed by atoms with Crippen LogP contribution in [0.4, 0.5) is 8.78 Å². The molecule has 0 fully saturated rings. The van der Waals surface area contributed by atoms with Crippen LogP contribution in [0.5, 0.6) is 0 Å². The third-order valence-corrected chi connectivity index (χ3v) is 3.52. The van der Waals surface area contributed by atoms with Gasteiger partial charge in [-0.3, -0.25) is 9.59 Å². The van der Waals surface area contributed by atoms with Gasteiger partial charge in [-0.05, 0) is 35.4 Å². The van der Waals surface area contributed by atoms with Crippen molar-refractivity contribution in [2.75, 3.05) is 13.7 Å². The molecule has 2 aromatic rings. The largest absolute Gasteiger partial charge is 0.468 e. The van der Waals surface area contributed by atoms with Gasteiger partial charge < -0.3 is 10.1 Å². The maximum absolute atomic E-state index is 13.1. The van der Waals surface area contributed by atoms with E-state index in [1.807, 2.05) is 0 Å². The first-order valence-electron chi connectivity index (χ1n) is 7.34. The fraction of sp³-hybridized carbons (Fsp3) is 0.222. The Morgan fingerprint density at radius 1 is 1.08 bits per heavy atom. The van der Waals surface area contributed by atoms with E-state index >= 15 is 0 Å². The summed E-state index contributed by atoms with van der Waals surface area (Å²) in [7, 11) is 1.24. The Hall–Kier alpha value is -2.76. The SMILES string of the molecule is COC(=O)[C@@H](CNC(=O)Cc1cccc(F)c1)c1ccc(F)cc1. The Morgan fingerprint density at radius 2 is 1.79 bits per heavy atom. The second-order valence-corrected chi connectivity index (χ2v) is 5.24. The summed E-state index contributed by atoms with van der Waals surface area (Å²) in [6.45, 7) is 0.00640. The summed E-state index contributed by atoms with van der Waals surface area (Å²) in [4.78, 5) is 23.9. The molecule has 126 valence electrons. The Labute approximate surface area is 138 Å². The van der Waals surface area contributed by atoms with Gasteiger partial charge in [0.2, 0.25) is 5.91 Å². The van der Waals surface area contributed by atoms with E-state index in [1.165, 1.54) is 49.6 Å². The van der Waals surface area contributed by atoms with Crippen LogP contribution in [0.25, 0.3) is 0 Å². The number of nitrogens with one attached hydrogen (secondary N) is 1. The lowest BCUT2D eigenvalue weighted by atomic mass is 9.99. The molecule has 1 N–H and O–H groups in total. The van der Waals surface area contributed by atoms with Gasteiger partial charge in [0, 0.05) is 6.54 Å². The molecule has 0 spiro atoms. The smallest absolute Gasteiger partial charge is 0.314 e. The zero-order valence-corrected chi connectivity index (χ0v) is 13.1. The van der Waals surface area contributed by atoms with Crippen molar-refractivity contribution in [3.8, 4) is 0 Å². The number of amides is 1. The normalized spacial score (nSPS) is 11.6. The van der Waals surface area contributed by atoms with Crippen LogP contribution in [-0.4, -0.2) is 25.5 Å². The molecule has 0 saturated carbocycles. The van der Waals surface area contributed by atoms with Crippen molar-refractivity contribution in [3.63, 3.8) is 0 Å². The molecule has 0 aromatic heterocycles. The molecule has 6 heteroatoms. The lowest BCUT2D eigenvalue weighted by Crippen LogP contribution is -2.33. The molecular weight excluding hydrogens is 316 g/mol. The standard InChI is InChI=1S/C18H17F2NO3/c1-24-18(23)16(13-5-7-14(19)8-6-13)11-21-17(22)10-12-3-2-4-15(20)9-12/h2-9,16H,10-11H2,1H3,(H,21,22)/t16-/m0/s1. The first kappa shape index (κ1) is 17.6. The maximum atomic E-state index is 13.1. The number of hydrogen-bond acceptors (Lipinski definition) is 3. The second-order valence-electron chi connectivity index (χ2n) is 5.24. The Morgan fingerprint density at radius 3 is 2.42 bits per heavy atom. The van der Waals surface area contributed by atoms with Crippen LogP contribution >= 0.6 is 0 Å². The molecular formula is C18H17F2NO3. The highest BCUT2D eigenvalue weighted by Gasteiger charge is 2.22. The minimum absolute atomic E-state index is 0.00489. The van der Waals surface area contributed by atoms with Crippen LogP contribution in [0.1, 0.15) is 17.0 Å². The van der Waals surface area contributed by atoms with Gasteiger partial charge in [0.15, 0.2) is 0 Å². The lowest BCUT2D eigenvalue weighted by Gasteiger charge is -2.16. The fourth-order valence-corrected chi connectivity index (χ4v) is 2.29. The number of carbonyl (C=O) groups excluding carboxylic acids is 2. The molecule has 0 aliphatic carbocycles. The van der Waals surface area contributed by atoms with Gasteiger partial charge in [-0.15, -0.1) is 0 Å². The van der Waals surface area contributed by atoms with E-state index in [0.717, 1.165) is 0 Å². The predicted octanol–water partition coefficient (Wildman–Crippen LogP) is 2.58. The number of halogens is 2. The molecule has 0 heterocycles. The van der Waals surface area contributed by atoms with Gasteiger partial charge in [-0.1, -0.05) is 24.3 Å². The van der Waals surface area contributed by atoms with Crippen LogP contribution in [0.15, 0.2) is 48.5 Å². The Bertz CT molecular complexity index is 716. The average Bonchev–Trinajstić information content (AvgIpc) is 2.56. The van der Waals surface area contributed by atoms with Crippen molar-refractivity contribution in [2.45, 2.75) is 12.3 Å². The highest BCUT2D eigenvalue weighted by Crippen LogP contribution is 2.17. The van der Waals surface area contributed by atoms with Crippen LogP contribution in [0.3, 0.4) is 0 Å². The van der Waals surface area contributed by atoms with Gasteiger partial charge in [-0.25, -0.2) is 8.78 Å². The van der Waals surface area contributed by atoms with E-state index in [2.05, 4.69) is 5.32 Å². The van der Waals surface area contributed by atoms with E-state index < -0.39 is 23.5 Å². The van der Waals surface area contributed by atoms with E-state index in [9.17, 15) is 18.4 Å². The van der Waals surface area contributed by atoms with Crippen LogP contribution < -0.4 is 5.32 Å². The first-order chi connectivity index (χ1) is 11.5. The zero-order valence-electron chi connectivity index (χ0n) is 13.1. The topological polar surface area (TPSA) is 55.4 Å². The monoisotopic (exact) mass is 333 g/mol. The molecule has 0 aliphatic rings. The molecule has 0 aliphatic heterocycles. The zero-order chi connectivity index (χ0) is 17.5. The van der Waals surface area contributed by atoms with E-state index in [4.69, 9.17) is 4.74 Å². The Balaban J connectivity index is 2.01. The molecule has 4 nitrogen and oxygen atoms in total. The number of ether oxygens (including phenoxy) is 1. The van der Waals surface area contributed by atoms with Crippen LogP contribution in [-0.2, 0) is 20.7 Å². The number of rotatable bonds is 6. The van der Waals surface area contributed by atoms with Crippen molar-refractivity contribution in [1.29, 1.82) is 0 Å². The summed E-state index contributed by atoms with van der Waals surface area (Å²) in [6.07, 6.45) is -0.00489. The van der Waals surface area contributed by atoms with E-state index in [0.29, 0.717) is 11.1 Å². The average molecular weight is 333 g/mol. The fourth-order valence-electron chi connectivity index (χ4n) is 2.29. The first-order valence-corrected chi connectivity index (χ1v) is 7.34. The van der Waals surface area contributed by atoms with Gasteiger partial charge in [0.1, 0.15) is 11.6 Å². The van der Waals surface area contributed by atoms with Gasteiger partial charge in [0.05, 0.1) is 19.4 Å². The summed E-state index contributed by atoms with van der Waals surface area (Å²) >= 11 is 0. The Kier molecular flexibility index (Phi) is 6.01. The number of esters is 1. The van der Waals surface area contributed by atoms with E-state index in [-0.39, 0.29) is 18.9 Å². The molecule has 0 unspecified atom stereocenters. The molecule has 0 bridgehead atoms. The highest BCUT2D eigenvalue weighted by molar-refractivity contribution is 5.82. The summed E-state index contributed by atoms with van der Waals surface area (Å²) in [5.41, 5.74) is 1.07. The van der Waals surface area contributed by atoms with Gasteiger partial charge in [0.25, 0.3) is 0 Å². The summed E-state index contributed by atoms with van der Waals surface area (Å²) in [5, 5.41) is 2.62. The van der Waals surface area contributed by atoms with Crippen molar-refractivity contribution in [3.05, 3.63) is 71.3 Å². The molecule has 1 amide bonds. The van der Waals surface area contributed by atoms with Gasteiger partial charge in [-0.2, -0.15) is 0 Å². The maximum Gasteiger partial charge on any atom is 0.314 e. The molecule has 2 rings (SSSR count). The highest BCUT2D eigenvalue weighted by atomic mass is 19.1. The second kappa shape index (κ2) is 8.19. The number of carbonyl (C=O) groups is 2. The van der Waals surface area contributed by atoms with Crippen molar-refractivity contribution < 1.29 is 23.1 Å². The van der Waals surface area contributed by atoms with Crippen LogP contribution in [0.2, 0.25) is 0 Å². The predicted molar refractivity (Wildman–Crippen MR) is 84.3 cm³/mol. The third-order valence-electron chi connectivity index (χ3n) is 3.52. The molecule has 24 heavy (non-hydrogen) atoms. The molecule has 2 aromatic carbocycles. The number of hydrogen-bond donors (Lipinski definition) is 1. The van der Waals surface area contributed by atoms with Crippen molar-refractivity contribution >= 4 is 11.9 Å². The van der Waals surface area contributed by atoms with E-state index in [1.54, 1.807) is 6.07 Å². The summed E-state index contributed by atoms with van der Waals surface area (Å²) in [6, 6.07) is 11.1. The minimum atomic E-state index is -0.743. The van der Waals surface area contributed by atoms with Crippen molar-refractivity contribution in [2.24, 2.45) is 0 Å². The molecule has 0 saturated heterocycles. The molecule has 0 radical (unpaired) electrons. The van der Waals surface area contributed by atoms with Crippen LogP contribution in [0, 0.1) is 11.6 Å². The number of methoxy groups -OCH3 is 1. The summed E-state index contributed by atoms with van der Waals surface area (Å²) < 4.78 is 30.8. The van der Waals surface area contributed by atoms with Gasteiger partial charge >= 0.3 is 5.97 Å². The van der Waals surface area contributed by atoms with Crippen molar-refractivity contribution in [1.82, 2.24) is 5.32 Å². The molecule has 1 atom stereocenters. The third kappa shape index (κ3) is 4.87. The number of benzene rings is 2.